The molecule has 1 rings (SSSR count). The number of rotatable bonds is 4. The van der Waals surface area contributed by atoms with Gasteiger partial charge in [-0.05, 0) is 30.7 Å². The van der Waals surface area contributed by atoms with E-state index in [4.69, 9.17) is 16.3 Å². The van der Waals surface area contributed by atoms with Crippen molar-refractivity contribution in [2.24, 2.45) is 0 Å². The number of hydrogen-bond acceptors (Lipinski definition) is 3. The maximum atomic E-state index is 11.6. The van der Waals surface area contributed by atoms with Crippen LogP contribution in [0, 0.1) is 6.92 Å². The quantitative estimate of drug-likeness (QED) is 0.823. The highest BCUT2D eigenvalue weighted by Gasteiger charge is 2.20. The first kappa shape index (κ1) is 13.0. The summed E-state index contributed by atoms with van der Waals surface area (Å²) in [6.45, 7) is 4.55. The molecule has 88 valence electrons. The van der Waals surface area contributed by atoms with Crippen molar-refractivity contribution in [3.8, 4) is 0 Å². The van der Waals surface area contributed by atoms with E-state index in [0.717, 1.165) is 11.1 Å². The second-order valence-corrected chi connectivity index (χ2v) is 3.93. The minimum atomic E-state index is -0.451. The summed E-state index contributed by atoms with van der Waals surface area (Å²) >= 11 is 6.03. The Balaban J connectivity index is 3.01. The summed E-state index contributed by atoms with van der Waals surface area (Å²) in [5.74, 6) is -0.304. The van der Waals surface area contributed by atoms with Crippen molar-refractivity contribution in [1.82, 2.24) is 5.32 Å². The molecule has 0 heterocycles. The summed E-state index contributed by atoms with van der Waals surface area (Å²) in [7, 11) is 1.38. The van der Waals surface area contributed by atoms with Gasteiger partial charge in [0.15, 0.2) is 0 Å². The number of aryl methyl sites for hydroxylation is 1. The standard InChI is InChI=1S/C12H16ClNO2/c1-4-14-11(12(15)16-3)9-6-5-8(2)10(13)7-9/h5-7,11,14H,4H2,1-3H3. The Hall–Kier alpha value is -1.06. The summed E-state index contributed by atoms with van der Waals surface area (Å²) in [4.78, 5) is 11.6. The predicted octanol–water partition coefficient (Wildman–Crippen LogP) is 2.47. The number of methoxy groups -OCH3 is 1. The zero-order valence-electron chi connectivity index (χ0n) is 9.71. The minimum absolute atomic E-state index is 0.304. The first-order chi connectivity index (χ1) is 7.60. The fourth-order valence-corrected chi connectivity index (χ4v) is 1.64. The molecular weight excluding hydrogens is 226 g/mol. The topological polar surface area (TPSA) is 38.3 Å². The van der Waals surface area contributed by atoms with E-state index >= 15 is 0 Å². The zero-order chi connectivity index (χ0) is 12.1. The van der Waals surface area contributed by atoms with E-state index in [9.17, 15) is 4.79 Å². The van der Waals surface area contributed by atoms with Crippen LogP contribution in [0.4, 0.5) is 0 Å². The van der Waals surface area contributed by atoms with Crippen LogP contribution in [0.2, 0.25) is 5.02 Å². The van der Waals surface area contributed by atoms with Crippen molar-refractivity contribution in [3.63, 3.8) is 0 Å². The molecule has 0 aromatic heterocycles. The third-order valence-electron chi connectivity index (χ3n) is 2.37. The van der Waals surface area contributed by atoms with Gasteiger partial charge in [0.05, 0.1) is 7.11 Å². The van der Waals surface area contributed by atoms with Crippen LogP contribution in [-0.4, -0.2) is 19.6 Å². The van der Waals surface area contributed by atoms with Crippen LogP contribution >= 0.6 is 11.6 Å². The van der Waals surface area contributed by atoms with Gasteiger partial charge in [0.2, 0.25) is 0 Å². The fraction of sp³-hybridized carbons (Fsp3) is 0.417. The molecule has 1 unspecified atom stereocenters. The van der Waals surface area contributed by atoms with Gasteiger partial charge >= 0.3 is 5.97 Å². The normalized spacial score (nSPS) is 12.2. The van der Waals surface area contributed by atoms with Gasteiger partial charge in [0.1, 0.15) is 6.04 Å². The van der Waals surface area contributed by atoms with Gasteiger partial charge in [0, 0.05) is 5.02 Å². The van der Waals surface area contributed by atoms with E-state index in [1.54, 1.807) is 6.07 Å². The number of likely N-dealkylation sites (N-methyl/N-ethyl adjacent to an activating group) is 1. The summed E-state index contributed by atoms with van der Waals surface area (Å²) in [6, 6.07) is 5.12. The molecule has 0 saturated heterocycles. The molecule has 1 atom stereocenters. The molecule has 4 heteroatoms. The first-order valence-corrected chi connectivity index (χ1v) is 5.55. The molecule has 0 fully saturated rings. The molecule has 0 amide bonds. The summed E-state index contributed by atoms with van der Waals surface area (Å²) in [6.07, 6.45) is 0. The summed E-state index contributed by atoms with van der Waals surface area (Å²) in [5, 5.41) is 3.72. The average Bonchev–Trinajstić information content (AvgIpc) is 2.29. The Morgan fingerprint density at radius 2 is 2.25 bits per heavy atom. The number of nitrogens with one attached hydrogen (secondary N) is 1. The largest absolute Gasteiger partial charge is 0.468 e. The van der Waals surface area contributed by atoms with Gasteiger partial charge in [-0.15, -0.1) is 0 Å². The number of carbonyl (C=O) groups excluding carboxylic acids is 1. The molecule has 1 aromatic rings. The Morgan fingerprint density at radius 3 is 2.75 bits per heavy atom. The second-order valence-electron chi connectivity index (χ2n) is 3.52. The predicted molar refractivity (Wildman–Crippen MR) is 64.6 cm³/mol. The Morgan fingerprint density at radius 1 is 1.56 bits per heavy atom. The fourth-order valence-electron chi connectivity index (χ4n) is 1.45. The van der Waals surface area contributed by atoms with Crippen LogP contribution in [0.15, 0.2) is 18.2 Å². The SMILES string of the molecule is CCNC(C(=O)OC)c1ccc(C)c(Cl)c1. The molecule has 0 aliphatic carbocycles. The van der Waals surface area contributed by atoms with E-state index < -0.39 is 6.04 Å². The van der Waals surface area contributed by atoms with Crippen LogP contribution in [0.5, 0.6) is 0 Å². The molecular formula is C12H16ClNO2. The number of hydrogen-bond donors (Lipinski definition) is 1. The Labute approximate surface area is 101 Å². The lowest BCUT2D eigenvalue weighted by Crippen LogP contribution is -2.29. The van der Waals surface area contributed by atoms with Crippen molar-refractivity contribution >= 4 is 17.6 Å². The maximum absolute atomic E-state index is 11.6. The number of halogens is 1. The molecule has 0 spiro atoms. The molecule has 3 nitrogen and oxygen atoms in total. The molecule has 0 aliphatic heterocycles. The lowest BCUT2D eigenvalue weighted by Gasteiger charge is -2.16. The Bertz CT molecular complexity index is 379. The minimum Gasteiger partial charge on any atom is -0.468 e. The monoisotopic (exact) mass is 241 g/mol. The van der Waals surface area contributed by atoms with Gasteiger partial charge in [-0.25, -0.2) is 4.79 Å². The van der Waals surface area contributed by atoms with Gasteiger partial charge in [-0.1, -0.05) is 30.7 Å². The van der Waals surface area contributed by atoms with E-state index in [2.05, 4.69) is 5.32 Å². The van der Waals surface area contributed by atoms with Crippen LogP contribution in [0.1, 0.15) is 24.1 Å². The molecule has 0 radical (unpaired) electrons. The first-order valence-electron chi connectivity index (χ1n) is 5.17. The second kappa shape index (κ2) is 5.87. The van der Waals surface area contributed by atoms with Gasteiger partial charge in [0.25, 0.3) is 0 Å². The summed E-state index contributed by atoms with van der Waals surface area (Å²) in [5.41, 5.74) is 1.81. The van der Waals surface area contributed by atoms with Gasteiger partial charge < -0.3 is 10.1 Å². The lowest BCUT2D eigenvalue weighted by atomic mass is 10.1. The molecule has 0 aliphatic rings. The van der Waals surface area contributed by atoms with Crippen molar-refractivity contribution < 1.29 is 9.53 Å². The van der Waals surface area contributed by atoms with E-state index in [1.165, 1.54) is 7.11 Å². The Kier molecular flexibility index (Phi) is 4.77. The maximum Gasteiger partial charge on any atom is 0.327 e. The molecule has 1 aromatic carbocycles. The molecule has 0 saturated carbocycles. The highest BCUT2D eigenvalue weighted by Crippen LogP contribution is 2.22. The highest BCUT2D eigenvalue weighted by atomic mass is 35.5. The van der Waals surface area contributed by atoms with Crippen LogP contribution < -0.4 is 5.32 Å². The molecule has 16 heavy (non-hydrogen) atoms. The van der Waals surface area contributed by atoms with Crippen LogP contribution in [-0.2, 0) is 9.53 Å². The van der Waals surface area contributed by atoms with Crippen molar-refractivity contribution in [2.75, 3.05) is 13.7 Å². The third kappa shape index (κ3) is 2.97. The summed E-state index contributed by atoms with van der Waals surface area (Å²) < 4.78 is 4.74. The number of benzene rings is 1. The molecule has 0 bridgehead atoms. The van der Waals surface area contributed by atoms with E-state index in [-0.39, 0.29) is 5.97 Å². The van der Waals surface area contributed by atoms with Crippen LogP contribution in [0.25, 0.3) is 0 Å². The van der Waals surface area contributed by atoms with Crippen molar-refractivity contribution in [2.45, 2.75) is 19.9 Å². The average molecular weight is 242 g/mol. The zero-order valence-corrected chi connectivity index (χ0v) is 10.5. The van der Waals surface area contributed by atoms with E-state index in [1.807, 2.05) is 26.0 Å². The lowest BCUT2D eigenvalue weighted by molar-refractivity contribution is -0.143. The van der Waals surface area contributed by atoms with Crippen LogP contribution in [0.3, 0.4) is 0 Å². The van der Waals surface area contributed by atoms with Crippen molar-refractivity contribution in [1.29, 1.82) is 0 Å². The highest BCUT2D eigenvalue weighted by molar-refractivity contribution is 6.31. The van der Waals surface area contributed by atoms with E-state index in [0.29, 0.717) is 11.6 Å². The third-order valence-corrected chi connectivity index (χ3v) is 2.78. The molecule has 1 N–H and O–H groups in total. The van der Waals surface area contributed by atoms with Gasteiger partial charge in [-0.2, -0.15) is 0 Å². The van der Waals surface area contributed by atoms with Crippen molar-refractivity contribution in [3.05, 3.63) is 34.3 Å². The van der Waals surface area contributed by atoms with Gasteiger partial charge in [-0.3, -0.25) is 0 Å². The smallest absolute Gasteiger partial charge is 0.327 e. The number of ether oxygens (including phenoxy) is 1. The number of esters is 1. The number of carbonyl (C=O) groups is 1.